The van der Waals surface area contributed by atoms with Crippen molar-refractivity contribution >= 4 is 5.69 Å². The van der Waals surface area contributed by atoms with E-state index in [1.165, 1.54) is 12.8 Å². The summed E-state index contributed by atoms with van der Waals surface area (Å²) in [4.78, 5) is 4.30. The molecule has 4 heteroatoms. The van der Waals surface area contributed by atoms with Crippen LogP contribution in [0.4, 0.5) is 5.69 Å². The lowest BCUT2D eigenvalue weighted by Gasteiger charge is -2.21. The number of nitrogens with zero attached hydrogens (tertiary/aromatic N) is 1. The molecule has 0 saturated carbocycles. The van der Waals surface area contributed by atoms with E-state index in [0.717, 1.165) is 18.0 Å². The number of nitrogens with one attached hydrogen (secondary N) is 1. The lowest BCUT2D eigenvalue weighted by Crippen LogP contribution is -2.21. The quantitative estimate of drug-likeness (QED) is 0.663. The molecule has 1 aromatic rings. The average Bonchev–Trinajstić information content (AvgIpc) is 2.48. The Morgan fingerprint density at radius 2 is 2.00 bits per heavy atom. The van der Waals surface area contributed by atoms with Gasteiger partial charge in [0.2, 0.25) is 5.88 Å². The van der Waals surface area contributed by atoms with Crippen molar-refractivity contribution in [2.75, 3.05) is 25.6 Å². The number of ether oxygens (including phenoxy) is 2. The summed E-state index contributed by atoms with van der Waals surface area (Å²) < 4.78 is 10.4. The number of rotatable bonds is 10. The van der Waals surface area contributed by atoms with Gasteiger partial charge in [-0.15, -0.1) is 0 Å². The molecule has 0 radical (unpaired) electrons. The molecule has 1 rings (SSSR count). The van der Waals surface area contributed by atoms with E-state index >= 15 is 0 Å². The molecular weight excluding hydrogens is 252 g/mol. The standard InChI is InChI=1S/C16H28N2O2/c1-5-13(3)11-14(6-2)18-15-7-8-16(17-12-15)20-10-9-19-4/h7-8,12-14,18H,5-6,9-11H2,1-4H3. The summed E-state index contributed by atoms with van der Waals surface area (Å²) in [5.41, 5.74) is 1.05. The van der Waals surface area contributed by atoms with Crippen LogP contribution in [0.25, 0.3) is 0 Å². The third-order valence-electron chi connectivity index (χ3n) is 3.52. The molecular formula is C16H28N2O2. The highest BCUT2D eigenvalue weighted by Crippen LogP contribution is 2.18. The first-order valence-corrected chi connectivity index (χ1v) is 7.53. The zero-order chi connectivity index (χ0) is 14.8. The van der Waals surface area contributed by atoms with E-state index in [2.05, 4.69) is 31.1 Å². The molecule has 2 atom stereocenters. The third kappa shape index (κ3) is 6.24. The monoisotopic (exact) mass is 280 g/mol. The molecule has 2 unspecified atom stereocenters. The Balaban J connectivity index is 2.46. The fraction of sp³-hybridized carbons (Fsp3) is 0.688. The van der Waals surface area contributed by atoms with Crippen LogP contribution in [0, 0.1) is 5.92 Å². The summed E-state index contributed by atoms with van der Waals surface area (Å²) in [7, 11) is 1.66. The second-order valence-electron chi connectivity index (χ2n) is 5.23. The first-order chi connectivity index (χ1) is 9.69. The van der Waals surface area contributed by atoms with Crippen LogP contribution < -0.4 is 10.1 Å². The van der Waals surface area contributed by atoms with Crippen LogP contribution in [0.15, 0.2) is 18.3 Å². The molecule has 0 amide bonds. The third-order valence-corrected chi connectivity index (χ3v) is 3.52. The Morgan fingerprint density at radius 1 is 1.20 bits per heavy atom. The molecule has 1 heterocycles. The topological polar surface area (TPSA) is 43.4 Å². The highest BCUT2D eigenvalue weighted by Gasteiger charge is 2.10. The minimum atomic E-state index is 0.506. The summed E-state index contributed by atoms with van der Waals surface area (Å²) in [5, 5.41) is 3.55. The largest absolute Gasteiger partial charge is 0.475 e. The molecule has 4 nitrogen and oxygen atoms in total. The zero-order valence-corrected chi connectivity index (χ0v) is 13.2. The van der Waals surface area contributed by atoms with Crippen molar-refractivity contribution < 1.29 is 9.47 Å². The normalized spacial score (nSPS) is 13.8. The molecule has 0 aromatic carbocycles. The van der Waals surface area contributed by atoms with E-state index in [4.69, 9.17) is 9.47 Å². The van der Waals surface area contributed by atoms with Crippen LogP contribution in [-0.2, 0) is 4.74 Å². The summed E-state index contributed by atoms with van der Waals surface area (Å²) in [6.45, 7) is 7.87. The summed E-state index contributed by atoms with van der Waals surface area (Å²) >= 11 is 0. The van der Waals surface area contributed by atoms with Crippen LogP contribution in [0.2, 0.25) is 0 Å². The Hall–Kier alpha value is -1.29. The molecule has 0 aliphatic carbocycles. The number of hydrogen-bond acceptors (Lipinski definition) is 4. The van der Waals surface area contributed by atoms with Gasteiger partial charge in [0.25, 0.3) is 0 Å². The molecule has 0 aliphatic rings. The van der Waals surface area contributed by atoms with Gasteiger partial charge in [-0.3, -0.25) is 0 Å². The number of aromatic nitrogens is 1. The van der Waals surface area contributed by atoms with Gasteiger partial charge >= 0.3 is 0 Å². The van der Waals surface area contributed by atoms with Crippen molar-refractivity contribution in [3.63, 3.8) is 0 Å². The van der Waals surface area contributed by atoms with Gasteiger partial charge in [0, 0.05) is 19.2 Å². The smallest absolute Gasteiger partial charge is 0.213 e. The van der Waals surface area contributed by atoms with Crippen LogP contribution in [0.3, 0.4) is 0 Å². The van der Waals surface area contributed by atoms with Crippen LogP contribution >= 0.6 is 0 Å². The molecule has 0 fully saturated rings. The van der Waals surface area contributed by atoms with Crippen molar-refractivity contribution in [2.45, 2.75) is 46.1 Å². The number of pyridine rings is 1. The number of hydrogen-bond donors (Lipinski definition) is 1. The van der Waals surface area contributed by atoms with Gasteiger partial charge in [-0.05, 0) is 24.8 Å². The molecule has 20 heavy (non-hydrogen) atoms. The minimum Gasteiger partial charge on any atom is -0.475 e. The highest BCUT2D eigenvalue weighted by molar-refractivity contribution is 5.42. The van der Waals surface area contributed by atoms with Crippen LogP contribution in [0.1, 0.15) is 40.0 Å². The first kappa shape index (κ1) is 16.8. The number of anilines is 1. The van der Waals surface area contributed by atoms with Crippen molar-refractivity contribution in [1.29, 1.82) is 0 Å². The van der Waals surface area contributed by atoms with Crippen molar-refractivity contribution in [3.8, 4) is 5.88 Å². The van der Waals surface area contributed by atoms with Crippen molar-refractivity contribution in [3.05, 3.63) is 18.3 Å². The fourth-order valence-electron chi connectivity index (χ4n) is 2.00. The van der Waals surface area contributed by atoms with Gasteiger partial charge in [-0.2, -0.15) is 0 Å². The lowest BCUT2D eigenvalue weighted by atomic mass is 9.98. The van der Waals surface area contributed by atoms with Crippen LogP contribution in [0.5, 0.6) is 5.88 Å². The molecule has 1 aromatic heterocycles. The predicted molar refractivity (Wildman–Crippen MR) is 83.4 cm³/mol. The van der Waals surface area contributed by atoms with Gasteiger partial charge in [-0.25, -0.2) is 4.98 Å². The summed E-state index contributed by atoms with van der Waals surface area (Å²) in [5.74, 6) is 1.39. The molecule has 1 N–H and O–H groups in total. The lowest BCUT2D eigenvalue weighted by molar-refractivity contribution is 0.144. The highest BCUT2D eigenvalue weighted by atomic mass is 16.5. The Labute approximate surface area is 122 Å². The maximum atomic E-state index is 5.45. The fourth-order valence-corrected chi connectivity index (χ4v) is 2.00. The summed E-state index contributed by atoms with van der Waals surface area (Å²) in [6, 6.07) is 4.43. The zero-order valence-electron chi connectivity index (χ0n) is 13.2. The van der Waals surface area contributed by atoms with E-state index in [0.29, 0.717) is 25.1 Å². The first-order valence-electron chi connectivity index (χ1n) is 7.53. The molecule has 114 valence electrons. The van der Waals surface area contributed by atoms with Gasteiger partial charge in [0.05, 0.1) is 18.5 Å². The van der Waals surface area contributed by atoms with E-state index in [1.807, 2.05) is 18.3 Å². The van der Waals surface area contributed by atoms with E-state index in [-0.39, 0.29) is 0 Å². The Kier molecular flexibility index (Phi) is 8.04. The Bertz CT molecular complexity index is 354. The van der Waals surface area contributed by atoms with Gasteiger partial charge in [0.15, 0.2) is 0 Å². The number of methoxy groups -OCH3 is 1. The SMILES string of the molecule is CCC(C)CC(CC)Nc1ccc(OCCOC)nc1. The second-order valence-corrected chi connectivity index (χ2v) is 5.23. The van der Waals surface area contributed by atoms with Crippen LogP contribution in [-0.4, -0.2) is 31.3 Å². The van der Waals surface area contributed by atoms with E-state index in [9.17, 15) is 0 Å². The molecule has 0 aliphatic heterocycles. The minimum absolute atomic E-state index is 0.506. The van der Waals surface area contributed by atoms with E-state index < -0.39 is 0 Å². The average molecular weight is 280 g/mol. The maximum Gasteiger partial charge on any atom is 0.213 e. The molecule has 0 saturated heterocycles. The maximum absolute atomic E-state index is 5.45. The van der Waals surface area contributed by atoms with Gasteiger partial charge in [0.1, 0.15) is 6.61 Å². The molecule has 0 spiro atoms. The molecule has 0 bridgehead atoms. The Morgan fingerprint density at radius 3 is 2.55 bits per heavy atom. The van der Waals surface area contributed by atoms with Crippen molar-refractivity contribution in [1.82, 2.24) is 4.98 Å². The summed E-state index contributed by atoms with van der Waals surface area (Å²) in [6.07, 6.45) is 5.37. The van der Waals surface area contributed by atoms with Crippen molar-refractivity contribution in [2.24, 2.45) is 5.92 Å². The van der Waals surface area contributed by atoms with Gasteiger partial charge < -0.3 is 14.8 Å². The predicted octanol–water partition coefficient (Wildman–Crippen LogP) is 3.73. The second kappa shape index (κ2) is 9.59. The van der Waals surface area contributed by atoms with E-state index in [1.54, 1.807) is 7.11 Å². The van der Waals surface area contributed by atoms with Gasteiger partial charge in [-0.1, -0.05) is 27.2 Å².